The Hall–Kier alpha value is -1.64. The molecule has 0 aliphatic rings. The van der Waals surface area contributed by atoms with Gasteiger partial charge in [-0.2, -0.15) is 10.4 Å². The fraction of sp³-hybridized carbons (Fsp3) is 0. The Morgan fingerprint density at radius 1 is 1.35 bits per heavy atom. The second-order valence-corrected chi connectivity index (χ2v) is 4.33. The van der Waals surface area contributed by atoms with E-state index in [-0.39, 0.29) is 5.88 Å². The van der Waals surface area contributed by atoms with Gasteiger partial charge in [-0.15, -0.1) is 5.10 Å². The summed E-state index contributed by atoms with van der Waals surface area (Å²) in [5, 5.41) is 16.9. The van der Waals surface area contributed by atoms with Crippen molar-refractivity contribution in [2.24, 2.45) is 0 Å². The van der Waals surface area contributed by atoms with Crippen molar-refractivity contribution in [1.82, 2.24) is 10.2 Å². The molecule has 0 spiro atoms. The smallest absolute Gasteiger partial charge is 0.256 e. The predicted octanol–water partition coefficient (Wildman–Crippen LogP) is 3.56. The number of aromatic nitrogens is 2. The van der Waals surface area contributed by atoms with Gasteiger partial charge in [0.25, 0.3) is 5.88 Å². The number of hydrogen-bond acceptors (Lipinski definition) is 4. The monoisotopic (exact) mass is 309 g/mol. The second kappa shape index (κ2) is 5.13. The highest BCUT2D eigenvalue weighted by molar-refractivity contribution is 9.10. The number of nitrogens with zero attached hydrogens (tertiary/aromatic N) is 3. The molecule has 6 heteroatoms. The van der Waals surface area contributed by atoms with Gasteiger partial charge in [0.1, 0.15) is 17.4 Å². The molecule has 1 aromatic heterocycles. The van der Waals surface area contributed by atoms with E-state index in [1.54, 1.807) is 18.2 Å². The quantitative estimate of drug-likeness (QED) is 0.851. The van der Waals surface area contributed by atoms with E-state index in [0.717, 1.165) is 0 Å². The fourth-order valence-electron chi connectivity index (χ4n) is 1.14. The molecule has 1 aromatic carbocycles. The molecule has 2 aromatic rings. The van der Waals surface area contributed by atoms with Crippen LogP contribution in [0.4, 0.5) is 0 Å². The zero-order chi connectivity index (χ0) is 12.3. The van der Waals surface area contributed by atoms with Crippen molar-refractivity contribution in [2.75, 3.05) is 0 Å². The zero-order valence-corrected chi connectivity index (χ0v) is 10.7. The van der Waals surface area contributed by atoms with Gasteiger partial charge in [-0.1, -0.05) is 11.6 Å². The van der Waals surface area contributed by atoms with Crippen molar-refractivity contribution < 1.29 is 4.74 Å². The van der Waals surface area contributed by atoms with Gasteiger partial charge in [-0.25, -0.2) is 0 Å². The summed E-state index contributed by atoms with van der Waals surface area (Å²) in [5.41, 5.74) is 0.321. The highest BCUT2D eigenvalue weighted by atomic mass is 79.9. The molecule has 0 aliphatic carbocycles. The molecule has 84 valence electrons. The lowest BCUT2D eigenvalue weighted by molar-refractivity contribution is 0.451. The summed E-state index contributed by atoms with van der Waals surface area (Å²) in [6, 6.07) is 8.57. The largest absolute Gasteiger partial charge is 0.435 e. The van der Waals surface area contributed by atoms with E-state index in [1.807, 2.05) is 6.07 Å². The van der Waals surface area contributed by atoms with E-state index in [2.05, 4.69) is 26.1 Å². The van der Waals surface area contributed by atoms with Gasteiger partial charge in [0, 0.05) is 5.02 Å². The standard InChI is InChI=1S/C11H5BrClN3O/c12-9-5-8(13)1-2-10(9)17-11-7(6-14)3-4-15-16-11/h1-5H. The average molecular weight is 311 g/mol. The minimum absolute atomic E-state index is 0.165. The number of hydrogen-bond donors (Lipinski definition) is 0. The molecule has 2 rings (SSSR count). The number of ether oxygens (including phenoxy) is 1. The Kier molecular flexibility index (Phi) is 3.57. The SMILES string of the molecule is N#Cc1ccnnc1Oc1ccc(Cl)cc1Br. The first-order chi connectivity index (χ1) is 8.20. The van der Waals surface area contributed by atoms with Crippen molar-refractivity contribution in [3.63, 3.8) is 0 Å². The molecule has 0 radical (unpaired) electrons. The number of rotatable bonds is 2. The van der Waals surface area contributed by atoms with Gasteiger partial charge in [0.2, 0.25) is 0 Å². The number of benzene rings is 1. The van der Waals surface area contributed by atoms with Crippen LogP contribution in [0.15, 0.2) is 34.9 Å². The van der Waals surface area contributed by atoms with Crippen LogP contribution in [0.1, 0.15) is 5.56 Å². The molecule has 0 amide bonds. The van der Waals surface area contributed by atoms with Crippen LogP contribution in [0.25, 0.3) is 0 Å². The molecule has 0 fully saturated rings. The summed E-state index contributed by atoms with van der Waals surface area (Å²) < 4.78 is 6.16. The van der Waals surface area contributed by atoms with Crippen molar-refractivity contribution in [3.05, 3.63) is 45.5 Å². The van der Waals surface area contributed by atoms with Crippen molar-refractivity contribution in [2.45, 2.75) is 0 Å². The van der Waals surface area contributed by atoms with E-state index in [9.17, 15) is 0 Å². The molecule has 0 unspecified atom stereocenters. The molecule has 0 N–H and O–H groups in total. The van der Waals surface area contributed by atoms with Crippen LogP contribution in [0.3, 0.4) is 0 Å². The maximum Gasteiger partial charge on any atom is 0.256 e. The minimum atomic E-state index is 0.165. The first-order valence-electron chi connectivity index (χ1n) is 4.55. The maximum absolute atomic E-state index is 8.88. The third kappa shape index (κ3) is 2.73. The van der Waals surface area contributed by atoms with Crippen molar-refractivity contribution in [3.8, 4) is 17.7 Å². The van der Waals surface area contributed by atoms with Crippen LogP contribution in [0.2, 0.25) is 5.02 Å². The van der Waals surface area contributed by atoms with Crippen LogP contribution in [0, 0.1) is 11.3 Å². The first kappa shape index (κ1) is 11.8. The molecule has 4 nitrogen and oxygen atoms in total. The molecule has 0 bridgehead atoms. The Morgan fingerprint density at radius 2 is 2.18 bits per heavy atom. The van der Waals surface area contributed by atoms with Crippen LogP contribution >= 0.6 is 27.5 Å². The molecule has 0 aliphatic heterocycles. The number of halogens is 2. The topological polar surface area (TPSA) is 58.8 Å². The predicted molar refractivity (Wildman–Crippen MR) is 66.0 cm³/mol. The Bertz CT molecular complexity index is 598. The van der Waals surface area contributed by atoms with Gasteiger partial charge in [0.05, 0.1) is 10.7 Å². The van der Waals surface area contributed by atoms with E-state index >= 15 is 0 Å². The lowest BCUT2D eigenvalue weighted by Gasteiger charge is -2.07. The Balaban J connectivity index is 2.35. The summed E-state index contributed by atoms with van der Waals surface area (Å²) in [6.07, 6.45) is 1.43. The molecular formula is C11H5BrClN3O. The summed E-state index contributed by atoms with van der Waals surface area (Å²) >= 11 is 9.12. The minimum Gasteiger partial charge on any atom is -0.435 e. The van der Waals surface area contributed by atoms with Gasteiger partial charge in [0.15, 0.2) is 0 Å². The van der Waals surface area contributed by atoms with Gasteiger partial charge in [-0.3, -0.25) is 0 Å². The molecule has 17 heavy (non-hydrogen) atoms. The van der Waals surface area contributed by atoms with E-state index in [1.165, 1.54) is 12.3 Å². The van der Waals surface area contributed by atoms with E-state index in [4.69, 9.17) is 21.6 Å². The third-order valence-electron chi connectivity index (χ3n) is 1.91. The highest BCUT2D eigenvalue weighted by Crippen LogP contribution is 2.31. The van der Waals surface area contributed by atoms with Crippen LogP contribution in [0.5, 0.6) is 11.6 Å². The van der Waals surface area contributed by atoms with E-state index in [0.29, 0.717) is 20.8 Å². The molecule has 0 atom stereocenters. The fourth-order valence-corrected chi connectivity index (χ4v) is 1.91. The van der Waals surface area contributed by atoms with Crippen LogP contribution in [-0.4, -0.2) is 10.2 Å². The summed E-state index contributed by atoms with van der Waals surface area (Å²) in [6.45, 7) is 0. The Labute approximate surface area is 111 Å². The molecule has 0 saturated carbocycles. The first-order valence-corrected chi connectivity index (χ1v) is 5.72. The van der Waals surface area contributed by atoms with Crippen molar-refractivity contribution in [1.29, 1.82) is 5.26 Å². The Morgan fingerprint density at radius 3 is 2.88 bits per heavy atom. The van der Waals surface area contributed by atoms with E-state index < -0.39 is 0 Å². The normalized spacial score (nSPS) is 9.71. The zero-order valence-electron chi connectivity index (χ0n) is 8.39. The summed E-state index contributed by atoms with van der Waals surface area (Å²) in [4.78, 5) is 0. The lowest BCUT2D eigenvalue weighted by Crippen LogP contribution is -1.94. The molecule has 1 heterocycles. The molecular weight excluding hydrogens is 305 g/mol. The van der Waals surface area contributed by atoms with Gasteiger partial charge >= 0.3 is 0 Å². The summed E-state index contributed by atoms with van der Waals surface area (Å²) in [7, 11) is 0. The summed E-state index contributed by atoms with van der Waals surface area (Å²) in [5.74, 6) is 0.685. The van der Waals surface area contributed by atoms with Gasteiger partial charge in [-0.05, 0) is 40.2 Å². The lowest BCUT2D eigenvalue weighted by atomic mass is 10.3. The highest BCUT2D eigenvalue weighted by Gasteiger charge is 2.09. The molecule has 0 saturated heterocycles. The van der Waals surface area contributed by atoms with Crippen LogP contribution < -0.4 is 4.74 Å². The second-order valence-electron chi connectivity index (χ2n) is 3.04. The average Bonchev–Trinajstić information content (AvgIpc) is 2.33. The number of nitriles is 1. The third-order valence-corrected chi connectivity index (χ3v) is 2.76. The van der Waals surface area contributed by atoms with Crippen LogP contribution in [-0.2, 0) is 0 Å². The van der Waals surface area contributed by atoms with Gasteiger partial charge < -0.3 is 4.74 Å². The maximum atomic E-state index is 8.88. The van der Waals surface area contributed by atoms with Crippen molar-refractivity contribution >= 4 is 27.5 Å².